The first-order chi connectivity index (χ1) is 8.21. The highest BCUT2D eigenvalue weighted by molar-refractivity contribution is 5.49. The van der Waals surface area contributed by atoms with Gasteiger partial charge in [0.2, 0.25) is 0 Å². The van der Waals surface area contributed by atoms with E-state index in [9.17, 15) is 0 Å². The van der Waals surface area contributed by atoms with Crippen LogP contribution in [-0.4, -0.2) is 14.2 Å². The van der Waals surface area contributed by atoms with Crippen LogP contribution in [0.5, 0.6) is 11.5 Å². The van der Waals surface area contributed by atoms with Crippen LogP contribution in [-0.2, 0) is 5.54 Å². The minimum Gasteiger partial charge on any atom is -0.493 e. The minimum atomic E-state index is -0.252. The molecule has 17 heavy (non-hydrogen) atoms. The summed E-state index contributed by atoms with van der Waals surface area (Å²) in [6, 6.07) is 5.96. The smallest absolute Gasteiger partial charge is 0.165 e. The Labute approximate surface area is 103 Å². The van der Waals surface area contributed by atoms with Gasteiger partial charge in [-0.1, -0.05) is 31.4 Å². The number of nitrogens with two attached hydrogens (primary N) is 1. The molecule has 0 heterocycles. The summed E-state index contributed by atoms with van der Waals surface area (Å²) in [5.74, 6) is 1.56. The van der Waals surface area contributed by atoms with Gasteiger partial charge in [0.25, 0.3) is 0 Å². The molecule has 0 aromatic heterocycles. The third-order valence-corrected chi connectivity index (χ3v) is 3.69. The van der Waals surface area contributed by atoms with E-state index < -0.39 is 0 Å². The monoisotopic (exact) mass is 235 g/mol. The van der Waals surface area contributed by atoms with Crippen LogP contribution in [0.1, 0.15) is 37.7 Å². The van der Waals surface area contributed by atoms with E-state index in [-0.39, 0.29) is 5.54 Å². The van der Waals surface area contributed by atoms with E-state index in [1.165, 1.54) is 19.3 Å². The van der Waals surface area contributed by atoms with E-state index in [1.807, 2.05) is 12.1 Å². The highest BCUT2D eigenvalue weighted by Crippen LogP contribution is 2.42. The van der Waals surface area contributed by atoms with Crippen molar-refractivity contribution in [3.05, 3.63) is 23.8 Å². The Morgan fingerprint density at radius 3 is 2.35 bits per heavy atom. The number of hydrogen-bond acceptors (Lipinski definition) is 3. The molecule has 1 saturated carbocycles. The highest BCUT2D eigenvalue weighted by Gasteiger charge is 2.33. The Kier molecular flexibility index (Phi) is 3.57. The van der Waals surface area contributed by atoms with E-state index in [2.05, 4.69) is 6.07 Å². The second-order valence-corrected chi connectivity index (χ2v) is 4.76. The molecule has 2 N–H and O–H groups in total. The number of methoxy groups -OCH3 is 2. The van der Waals surface area contributed by atoms with Crippen molar-refractivity contribution in [1.82, 2.24) is 0 Å². The number of hydrogen-bond donors (Lipinski definition) is 1. The molecule has 3 nitrogen and oxygen atoms in total. The van der Waals surface area contributed by atoms with Crippen LogP contribution in [0.15, 0.2) is 18.2 Å². The second kappa shape index (κ2) is 4.96. The zero-order valence-corrected chi connectivity index (χ0v) is 10.7. The number of ether oxygens (including phenoxy) is 2. The summed E-state index contributed by atoms with van der Waals surface area (Å²) >= 11 is 0. The zero-order chi connectivity index (χ0) is 12.3. The molecule has 0 bridgehead atoms. The molecular formula is C14H21NO2. The lowest BCUT2D eigenvalue weighted by molar-refractivity contribution is 0.282. The molecule has 1 fully saturated rings. The van der Waals surface area contributed by atoms with Gasteiger partial charge in [-0.05, 0) is 18.9 Å². The third-order valence-electron chi connectivity index (χ3n) is 3.69. The average molecular weight is 235 g/mol. The van der Waals surface area contributed by atoms with Crippen molar-refractivity contribution in [1.29, 1.82) is 0 Å². The fourth-order valence-electron chi connectivity index (χ4n) is 2.73. The Bertz CT molecular complexity index is 384. The molecule has 1 aromatic carbocycles. The van der Waals surface area contributed by atoms with Gasteiger partial charge in [-0.25, -0.2) is 0 Å². The molecule has 0 amide bonds. The van der Waals surface area contributed by atoms with Crippen LogP contribution in [0.25, 0.3) is 0 Å². The molecule has 1 aliphatic carbocycles. The molecule has 0 unspecified atom stereocenters. The first-order valence-electron chi connectivity index (χ1n) is 6.21. The molecule has 0 aliphatic heterocycles. The van der Waals surface area contributed by atoms with Gasteiger partial charge in [0.1, 0.15) is 0 Å². The maximum absolute atomic E-state index is 6.54. The summed E-state index contributed by atoms with van der Waals surface area (Å²) in [6.45, 7) is 0. The lowest BCUT2D eigenvalue weighted by atomic mass is 9.77. The summed E-state index contributed by atoms with van der Waals surface area (Å²) in [4.78, 5) is 0. The van der Waals surface area contributed by atoms with Crippen LogP contribution in [0.4, 0.5) is 0 Å². The molecule has 0 atom stereocenters. The van der Waals surface area contributed by atoms with E-state index >= 15 is 0 Å². The molecule has 3 heteroatoms. The molecule has 0 saturated heterocycles. The van der Waals surface area contributed by atoms with Gasteiger partial charge in [0, 0.05) is 11.1 Å². The summed E-state index contributed by atoms with van der Waals surface area (Å²) in [5.41, 5.74) is 7.38. The van der Waals surface area contributed by atoms with E-state index in [0.29, 0.717) is 0 Å². The molecular weight excluding hydrogens is 214 g/mol. The summed E-state index contributed by atoms with van der Waals surface area (Å²) in [5, 5.41) is 0. The van der Waals surface area contributed by atoms with E-state index in [4.69, 9.17) is 15.2 Å². The molecule has 0 spiro atoms. The van der Waals surface area contributed by atoms with Crippen molar-refractivity contribution in [3.63, 3.8) is 0 Å². The maximum Gasteiger partial charge on any atom is 0.165 e. The van der Waals surface area contributed by atoms with Crippen LogP contribution in [0.3, 0.4) is 0 Å². The fraction of sp³-hybridized carbons (Fsp3) is 0.571. The molecule has 1 aliphatic rings. The van der Waals surface area contributed by atoms with Gasteiger partial charge >= 0.3 is 0 Å². The van der Waals surface area contributed by atoms with E-state index in [1.54, 1.807) is 14.2 Å². The van der Waals surface area contributed by atoms with E-state index in [0.717, 1.165) is 29.9 Å². The van der Waals surface area contributed by atoms with Crippen molar-refractivity contribution in [2.24, 2.45) is 5.73 Å². The van der Waals surface area contributed by atoms with Gasteiger partial charge in [-0.2, -0.15) is 0 Å². The first kappa shape index (κ1) is 12.2. The molecule has 2 rings (SSSR count). The minimum absolute atomic E-state index is 0.252. The van der Waals surface area contributed by atoms with Gasteiger partial charge in [-0.15, -0.1) is 0 Å². The van der Waals surface area contributed by atoms with Gasteiger partial charge < -0.3 is 15.2 Å². The second-order valence-electron chi connectivity index (χ2n) is 4.76. The van der Waals surface area contributed by atoms with Crippen molar-refractivity contribution in [2.45, 2.75) is 37.6 Å². The van der Waals surface area contributed by atoms with Gasteiger partial charge in [0.15, 0.2) is 11.5 Å². The van der Waals surface area contributed by atoms with Crippen molar-refractivity contribution < 1.29 is 9.47 Å². The summed E-state index contributed by atoms with van der Waals surface area (Å²) in [7, 11) is 3.33. The predicted molar refractivity (Wildman–Crippen MR) is 68.5 cm³/mol. The maximum atomic E-state index is 6.54. The van der Waals surface area contributed by atoms with Gasteiger partial charge in [0.05, 0.1) is 14.2 Å². The molecule has 0 radical (unpaired) electrons. The quantitative estimate of drug-likeness (QED) is 0.876. The normalized spacial score (nSPS) is 18.8. The lowest BCUT2D eigenvalue weighted by Gasteiger charge is -2.35. The Morgan fingerprint density at radius 1 is 1.06 bits per heavy atom. The molecule has 94 valence electrons. The average Bonchev–Trinajstić information content (AvgIpc) is 2.38. The topological polar surface area (TPSA) is 44.5 Å². The fourth-order valence-corrected chi connectivity index (χ4v) is 2.73. The van der Waals surface area contributed by atoms with Crippen molar-refractivity contribution in [2.75, 3.05) is 14.2 Å². The van der Waals surface area contributed by atoms with Gasteiger partial charge in [-0.3, -0.25) is 0 Å². The predicted octanol–water partition coefficient (Wildman–Crippen LogP) is 2.82. The Hall–Kier alpha value is -1.22. The number of rotatable bonds is 3. The van der Waals surface area contributed by atoms with Crippen LogP contribution < -0.4 is 15.2 Å². The van der Waals surface area contributed by atoms with Crippen molar-refractivity contribution in [3.8, 4) is 11.5 Å². The van der Waals surface area contributed by atoms with Crippen LogP contribution >= 0.6 is 0 Å². The largest absolute Gasteiger partial charge is 0.493 e. The Morgan fingerprint density at radius 2 is 1.76 bits per heavy atom. The summed E-state index contributed by atoms with van der Waals surface area (Å²) < 4.78 is 10.8. The zero-order valence-electron chi connectivity index (χ0n) is 10.7. The lowest BCUT2D eigenvalue weighted by Crippen LogP contribution is -2.38. The Balaban J connectivity index is 2.42. The third kappa shape index (κ3) is 2.25. The van der Waals surface area contributed by atoms with Crippen LogP contribution in [0, 0.1) is 0 Å². The standard InChI is InChI=1S/C14H21NO2/c1-16-12-8-6-7-11(13(12)17-2)14(15)9-4-3-5-10-14/h6-8H,3-5,9-10,15H2,1-2H3. The molecule has 1 aromatic rings. The van der Waals surface area contributed by atoms with Crippen molar-refractivity contribution >= 4 is 0 Å². The first-order valence-corrected chi connectivity index (χ1v) is 6.21. The summed E-state index contributed by atoms with van der Waals surface area (Å²) in [6.07, 6.45) is 5.71. The highest BCUT2D eigenvalue weighted by atomic mass is 16.5. The van der Waals surface area contributed by atoms with Crippen LogP contribution in [0.2, 0.25) is 0 Å². The number of para-hydroxylation sites is 1. The SMILES string of the molecule is COc1cccc(C2(N)CCCCC2)c1OC. The number of benzene rings is 1.